The zero-order valence-electron chi connectivity index (χ0n) is 22.1. The number of allylic oxidation sites excluding steroid dienone is 3. The fourth-order valence-electron chi connectivity index (χ4n) is 9.01. The van der Waals surface area contributed by atoms with Crippen molar-refractivity contribution in [3.8, 4) is 0 Å². The minimum atomic E-state index is -0.480. The van der Waals surface area contributed by atoms with Gasteiger partial charge in [-0.1, -0.05) is 86.3 Å². The van der Waals surface area contributed by atoms with E-state index in [0.29, 0.717) is 35.7 Å². The highest BCUT2D eigenvalue weighted by Gasteiger charge is 2.70. The monoisotopic (exact) mass is 440 g/mol. The molecule has 1 N–H and O–H groups in total. The van der Waals surface area contributed by atoms with Crippen molar-refractivity contribution in [2.75, 3.05) is 0 Å². The summed E-state index contributed by atoms with van der Waals surface area (Å²) in [5.41, 5.74) is 1.08. The first-order chi connectivity index (χ1) is 14.8. The Labute approximate surface area is 197 Å². The summed E-state index contributed by atoms with van der Waals surface area (Å²) in [7, 11) is 0. The van der Waals surface area contributed by atoms with Crippen molar-refractivity contribution in [2.24, 2.45) is 51.2 Å². The van der Waals surface area contributed by atoms with Gasteiger partial charge in [-0.15, -0.1) is 0 Å². The summed E-state index contributed by atoms with van der Waals surface area (Å²) in [6.45, 7) is 18.8. The maximum Gasteiger partial charge on any atom is 0.140 e. The Bertz CT molecular complexity index is 832. The van der Waals surface area contributed by atoms with E-state index in [-0.39, 0.29) is 22.2 Å². The second-order valence-corrected chi connectivity index (χ2v) is 13.8. The van der Waals surface area contributed by atoms with Crippen LogP contribution in [-0.4, -0.2) is 10.9 Å². The molecule has 0 amide bonds. The number of hydrogen-bond acceptors (Lipinski definition) is 2. The van der Waals surface area contributed by atoms with Crippen molar-refractivity contribution in [3.63, 3.8) is 0 Å². The maximum atomic E-state index is 14.2. The Balaban J connectivity index is 1.69. The summed E-state index contributed by atoms with van der Waals surface area (Å²) < 4.78 is 0. The third-order valence-electron chi connectivity index (χ3n) is 11.2. The highest BCUT2D eigenvalue weighted by molar-refractivity contribution is 5.88. The Morgan fingerprint density at radius 3 is 2.38 bits per heavy atom. The first-order valence-electron chi connectivity index (χ1n) is 13.4. The standard InChI is InChI=1S/C30H48O2/c1-19(2)10-9-11-20(3)21-14-17-28(6)24-13-12-22-26(23(31)15-16-27(22,4)5)30(24,8)25(32)18-29(21,28)7/h12,15,19-21,24,26,31H,9-11,13-14,16-18H2,1-8H3/t20-,21-,24+,26+,28+,29-,30+/m1/s1. The van der Waals surface area contributed by atoms with Crippen molar-refractivity contribution in [1.82, 2.24) is 0 Å². The molecule has 0 radical (unpaired) electrons. The quantitative estimate of drug-likeness (QED) is 0.437. The van der Waals surface area contributed by atoms with Crippen molar-refractivity contribution in [1.29, 1.82) is 0 Å². The molecule has 0 aromatic carbocycles. The van der Waals surface area contributed by atoms with E-state index in [2.05, 4.69) is 61.5 Å². The van der Waals surface area contributed by atoms with Gasteiger partial charge >= 0.3 is 0 Å². The fourth-order valence-corrected chi connectivity index (χ4v) is 9.01. The van der Waals surface area contributed by atoms with E-state index in [4.69, 9.17) is 0 Å². The smallest absolute Gasteiger partial charge is 0.140 e. The minimum Gasteiger partial charge on any atom is -0.512 e. The van der Waals surface area contributed by atoms with E-state index < -0.39 is 5.41 Å². The number of Topliss-reactive ketones (excluding diaryl/α,β-unsaturated/α-hetero) is 1. The Morgan fingerprint density at radius 2 is 1.72 bits per heavy atom. The van der Waals surface area contributed by atoms with Crippen LogP contribution in [0.2, 0.25) is 0 Å². The van der Waals surface area contributed by atoms with Crippen LogP contribution in [0.3, 0.4) is 0 Å². The molecule has 4 rings (SSSR count). The lowest BCUT2D eigenvalue weighted by atomic mass is 9.39. The Hall–Kier alpha value is -1.05. The summed E-state index contributed by atoms with van der Waals surface area (Å²) in [6, 6.07) is 0. The van der Waals surface area contributed by atoms with Crippen molar-refractivity contribution in [2.45, 2.75) is 107 Å². The van der Waals surface area contributed by atoms with Crippen molar-refractivity contribution < 1.29 is 9.90 Å². The summed E-state index contributed by atoms with van der Waals surface area (Å²) in [6.07, 6.45) is 13.4. The van der Waals surface area contributed by atoms with Gasteiger partial charge in [-0.3, -0.25) is 4.79 Å². The molecule has 0 aliphatic heterocycles. The molecule has 180 valence electrons. The van der Waals surface area contributed by atoms with Gasteiger partial charge in [0, 0.05) is 17.8 Å². The first kappa shape index (κ1) is 24.1. The molecule has 2 saturated carbocycles. The third-order valence-corrected chi connectivity index (χ3v) is 11.2. The predicted octanol–water partition coefficient (Wildman–Crippen LogP) is 8.28. The highest BCUT2D eigenvalue weighted by Crippen LogP contribution is 2.74. The SMILES string of the molecule is CC(C)CCC[C@@H](C)[C@H]1CC[C@@]2(C)[C@@H]3CC=C4[C@@H](C(O)=CCC4(C)C)[C@]3(C)C(=O)C[C@]12C. The van der Waals surface area contributed by atoms with Gasteiger partial charge in [0.05, 0.1) is 5.76 Å². The first-order valence-corrected chi connectivity index (χ1v) is 13.4. The molecule has 0 saturated heterocycles. The number of aliphatic hydroxyl groups is 1. The molecule has 2 nitrogen and oxygen atoms in total. The summed E-state index contributed by atoms with van der Waals surface area (Å²) >= 11 is 0. The van der Waals surface area contributed by atoms with Crippen LogP contribution in [0.5, 0.6) is 0 Å². The van der Waals surface area contributed by atoms with E-state index in [1.807, 2.05) is 6.08 Å². The number of carbonyl (C=O) groups is 1. The summed E-state index contributed by atoms with van der Waals surface area (Å²) in [5.74, 6) is 3.14. The summed E-state index contributed by atoms with van der Waals surface area (Å²) in [4.78, 5) is 14.2. The Morgan fingerprint density at radius 1 is 1.03 bits per heavy atom. The molecule has 2 heteroatoms. The van der Waals surface area contributed by atoms with Crippen LogP contribution in [0.25, 0.3) is 0 Å². The second kappa shape index (κ2) is 7.74. The average molecular weight is 441 g/mol. The van der Waals surface area contributed by atoms with Gasteiger partial charge < -0.3 is 5.11 Å². The molecular formula is C30H48O2. The van der Waals surface area contributed by atoms with Gasteiger partial charge in [0.2, 0.25) is 0 Å². The number of rotatable bonds is 5. The molecule has 2 fully saturated rings. The van der Waals surface area contributed by atoms with Crippen molar-refractivity contribution in [3.05, 3.63) is 23.5 Å². The van der Waals surface area contributed by atoms with Gasteiger partial charge in [-0.2, -0.15) is 0 Å². The molecule has 0 aromatic heterocycles. The second-order valence-electron chi connectivity index (χ2n) is 13.8. The van der Waals surface area contributed by atoms with Gasteiger partial charge in [0.1, 0.15) is 5.78 Å². The number of fused-ring (bicyclic) bond motifs is 5. The molecule has 0 unspecified atom stereocenters. The normalized spacial score (nSPS) is 43.8. The molecule has 7 atom stereocenters. The zero-order valence-corrected chi connectivity index (χ0v) is 22.1. The molecule has 32 heavy (non-hydrogen) atoms. The fraction of sp³-hybridized carbons (Fsp3) is 0.833. The van der Waals surface area contributed by atoms with Gasteiger partial charge in [-0.05, 0) is 71.7 Å². The van der Waals surface area contributed by atoms with E-state index in [1.165, 1.54) is 37.7 Å². The highest BCUT2D eigenvalue weighted by atomic mass is 16.3. The van der Waals surface area contributed by atoms with Crippen LogP contribution < -0.4 is 0 Å². The lowest BCUT2D eigenvalue weighted by Gasteiger charge is -2.63. The topological polar surface area (TPSA) is 37.3 Å². The van der Waals surface area contributed by atoms with Crippen molar-refractivity contribution >= 4 is 5.78 Å². The van der Waals surface area contributed by atoms with Gasteiger partial charge in [-0.25, -0.2) is 0 Å². The maximum absolute atomic E-state index is 14.2. The number of aliphatic hydroxyl groups excluding tert-OH is 1. The predicted molar refractivity (Wildman–Crippen MR) is 133 cm³/mol. The number of ketones is 1. The molecule has 0 aromatic rings. The lowest BCUT2D eigenvalue weighted by Crippen LogP contribution is -2.62. The molecule has 0 spiro atoms. The zero-order chi connectivity index (χ0) is 23.7. The van der Waals surface area contributed by atoms with Crippen LogP contribution in [0.4, 0.5) is 0 Å². The van der Waals surface area contributed by atoms with E-state index in [1.54, 1.807) is 0 Å². The van der Waals surface area contributed by atoms with Gasteiger partial charge in [0.25, 0.3) is 0 Å². The van der Waals surface area contributed by atoms with Gasteiger partial charge in [0.15, 0.2) is 0 Å². The minimum absolute atomic E-state index is 0.0238. The van der Waals surface area contributed by atoms with Crippen LogP contribution >= 0.6 is 0 Å². The summed E-state index contributed by atoms with van der Waals surface area (Å²) in [5, 5.41) is 11.1. The van der Waals surface area contributed by atoms with Crippen LogP contribution in [-0.2, 0) is 4.79 Å². The number of carbonyl (C=O) groups excluding carboxylic acids is 1. The van der Waals surface area contributed by atoms with E-state index in [9.17, 15) is 9.90 Å². The number of hydrogen-bond donors (Lipinski definition) is 1. The third kappa shape index (κ3) is 3.21. The molecule has 0 bridgehead atoms. The van der Waals surface area contributed by atoms with Crippen LogP contribution in [0, 0.1) is 51.2 Å². The Kier molecular flexibility index (Phi) is 5.83. The molecule has 4 aliphatic rings. The lowest BCUT2D eigenvalue weighted by molar-refractivity contribution is -0.168. The molecule has 0 heterocycles. The largest absolute Gasteiger partial charge is 0.512 e. The van der Waals surface area contributed by atoms with Crippen LogP contribution in [0.1, 0.15) is 107 Å². The molecule has 4 aliphatic carbocycles. The average Bonchev–Trinajstić information content (AvgIpc) is 2.96. The van der Waals surface area contributed by atoms with E-state index in [0.717, 1.165) is 18.8 Å². The molecular weight excluding hydrogens is 392 g/mol. The van der Waals surface area contributed by atoms with Crippen LogP contribution in [0.15, 0.2) is 23.5 Å². The van der Waals surface area contributed by atoms with E-state index >= 15 is 0 Å².